The number of benzene rings is 1. The molecule has 0 aliphatic heterocycles. The maximum Gasteiger partial charge on any atom is 0.181 e. The van der Waals surface area contributed by atoms with Crippen molar-refractivity contribution in [3.63, 3.8) is 0 Å². The molecule has 0 saturated heterocycles. The van der Waals surface area contributed by atoms with E-state index in [1.807, 2.05) is 5.48 Å². The van der Waals surface area contributed by atoms with Gasteiger partial charge in [-0.2, -0.15) is 0 Å². The molecule has 0 bridgehead atoms. The van der Waals surface area contributed by atoms with Crippen molar-refractivity contribution in [2.75, 3.05) is 11.5 Å². The summed E-state index contributed by atoms with van der Waals surface area (Å²) >= 11 is 0. The number of hydrogen-bond acceptors (Lipinski definition) is 7. The first-order valence-electron chi connectivity index (χ1n) is 8.67. The number of aryl methyl sites for hydroxylation is 2. The van der Waals surface area contributed by atoms with E-state index in [1.54, 1.807) is 19.9 Å². The number of hydroxylamine groups is 1. The third kappa shape index (κ3) is 6.10. The van der Waals surface area contributed by atoms with Gasteiger partial charge >= 0.3 is 0 Å². The zero-order valence-electron chi connectivity index (χ0n) is 15.4. The molecule has 27 heavy (non-hydrogen) atoms. The van der Waals surface area contributed by atoms with Gasteiger partial charge in [0.1, 0.15) is 11.5 Å². The van der Waals surface area contributed by atoms with E-state index in [0.717, 1.165) is 12.8 Å². The Morgan fingerprint density at radius 3 is 2.81 bits per heavy atom. The molecule has 3 N–H and O–H groups in total. The average molecular weight is 397 g/mol. The normalized spacial score (nSPS) is 14.1. The lowest BCUT2D eigenvalue weighted by molar-refractivity contribution is 0.234. The molecular weight excluding hydrogens is 373 g/mol. The van der Waals surface area contributed by atoms with Gasteiger partial charge in [-0.25, -0.2) is 18.2 Å². The summed E-state index contributed by atoms with van der Waals surface area (Å²) in [6, 6.07) is 4.33. The summed E-state index contributed by atoms with van der Waals surface area (Å²) < 4.78 is 37.5. The fraction of sp³-hybridized carbons (Fsp3) is 0.471. The van der Waals surface area contributed by atoms with Crippen LogP contribution >= 0.6 is 0 Å². The molecule has 0 spiro atoms. The molecular formula is C17H24FN5O3S. The molecule has 1 atom stereocenters. The minimum atomic E-state index is -2.46. The molecule has 1 heterocycles. The third-order valence-corrected chi connectivity index (χ3v) is 6.00. The lowest BCUT2D eigenvalue weighted by Crippen LogP contribution is -2.22. The highest BCUT2D eigenvalue weighted by Gasteiger charge is 2.16. The molecule has 0 fully saturated rings. The van der Waals surface area contributed by atoms with Crippen molar-refractivity contribution < 1.29 is 18.4 Å². The number of unbranched alkanes of at least 4 members (excludes halogenated alkanes) is 2. The van der Waals surface area contributed by atoms with Crippen LogP contribution in [0.15, 0.2) is 27.8 Å². The predicted octanol–water partition coefficient (Wildman–Crippen LogP) is 3.35. The SMILES string of the molecule is CCS(=N)(=O)CCCCCc1nonc1C(=Nc1ccc(F)c(C)c1)NO. The van der Waals surface area contributed by atoms with Crippen molar-refractivity contribution in [3.8, 4) is 0 Å². The minimum absolute atomic E-state index is 0.0532. The monoisotopic (exact) mass is 397 g/mol. The molecule has 1 aromatic heterocycles. The Morgan fingerprint density at radius 2 is 2.15 bits per heavy atom. The quantitative estimate of drug-likeness (QED) is 0.258. The second-order valence-corrected chi connectivity index (χ2v) is 8.79. The molecule has 0 aliphatic carbocycles. The highest BCUT2D eigenvalue weighted by atomic mass is 32.2. The van der Waals surface area contributed by atoms with Crippen molar-refractivity contribution in [1.82, 2.24) is 15.8 Å². The summed E-state index contributed by atoms with van der Waals surface area (Å²) in [6.07, 6.45) is 2.77. The van der Waals surface area contributed by atoms with Gasteiger partial charge in [0, 0.05) is 21.2 Å². The molecule has 0 saturated carbocycles. The number of nitrogens with one attached hydrogen (secondary N) is 2. The molecule has 2 rings (SSSR count). The number of rotatable bonds is 9. The van der Waals surface area contributed by atoms with Crippen molar-refractivity contribution in [1.29, 1.82) is 4.78 Å². The van der Waals surface area contributed by atoms with Crippen LogP contribution in [0.25, 0.3) is 0 Å². The lowest BCUT2D eigenvalue weighted by atomic mass is 10.1. The van der Waals surface area contributed by atoms with Crippen LogP contribution < -0.4 is 5.48 Å². The van der Waals surface area contributed by atoms with Crippen LogP contribution in [-0.2, 0) is 16.1 Å². The van der Waals surface area contributed by atoms with Crippen LogP contribution in [0.4, 0.5) is 10.1 Å². The van der Waals surface area contributed by atoms with Gasteiger partial charge in [0.15, 0.2) is 11.5 Å². The van der Waals surface area contributed by atoms with Crippen molar-refractivity contribution in [2.24, 2.45) is 4.99 Å². The second kappa shape index (κ2) is 9.56. The van der Waals surface area contributed by atoms with Gasteiger partial charge in [-0.3, -0.25) is 15.5 Å². The predicted molar refractivity (Wildman–Crippen MR) is 100 cm³/mol. The van der Waals surface area contributed by atoms with E-state index in [2.05, 4.69) is 15.3 Å². The first-order chi connectivity index (χ1) is 12.9. The van der Waals surface area contributed by atoms with Gasteiger partial charge in [0.2, 0.25) is 0 Å². The Balaban J connectivity index is 2.03. The average Bonchev–Trinajstić information content (AvgIpc) is 3.10. The van der Waals surface area contributed by atoms with Crippen LogP contribution in [-0.4, -0.2) is 37.1 Å². The van der Waals surface area contributed by atoms with E-state index < -0.39 is 9.73 Å². The van der Waals surface area contributed by atoms with Gasteiger partial charge in [0.05, 0.1) is 5.69 Å². The molecule has 2 aromatic rings. The summed E-state index contributed by atoms with van der Waals surface area (Å²) in [5.74, 6) is 0.477. The van der Waals surface area contributed by atoms with E-state index in [1.165, 1.54) is 12.1 Å². The lowest BCUT2D eigenvalue weighted by Gasteiger charge is -2.05. The van der Waals surface area contributed by atoms with Crippen LogP contribution in [0.1, 0.15) is 43.1 Å². The van der Waals surface area contributed by atoms with Crippen molar-refractivity contribution in [2.45, 2.75) is 39.5 Å². The highest BCUT2D eigenvalue weighted by molar-refractivity contribution is 7.92. The maximum absolute atomic E-state index is 13.4. The summed E-state index contributed by atoms with van der Waals surface area (Å²) in [5.41, 5.74) is 3.67. The molecule has 1 aromatic carbocycles. The first kappa shape index (κ1) is 21.0. The Bertz CT molecular complexity index is 896. The molecule has 148 valence electrons. The number of amidine groups is 1. The largest absolute Gasteiger partial charge is 0.290 e. The van der Waals surface area contributed by atoms with Gasteiger partial charge in [-0.1, -0.05) is 18.5 Å². The first-order valence-corrected chi connectivity index (χ1v) is 10.6. The number of aromatic nitrogens is 2. The Morgan fingerprint density at radius 1 is 1.37 bits per heavy atom. The van der Waals surface area contributed by atoms with Gasteiger partial charge < -0.3 is 0 Å². The number of aliphatic imine (C=N–C) groups is 1. The summed E-state index contributed by atoms with van der Waals surface area (Å²) in [7, 11) is -2.46. The Hall–Kier alpha value is -2.33. The standard InChI is InChI=1S/C17H24FN5O3S/c1-3-27(19,25)10-6-4-5-7-15-16(23-26-22-15)17(21-24)20-13-8-9-14(18)12(2)11-13/h8-9,11,19,24H,3-7,10H2,1-2H3,(H,20,21). The van der Waals surface area contributed by atoms with Gasteiger partial charge in [-0.05, 0) is 55.1 Å². The second-order valence-electron chi connectivity index (χ2n) is 6.18. The van der Waals surface area contributed by atoms with Gasteiger partial charge in [-0.15, -0.1) is 0 Å². The molecule has 0 aliphatic rings. The zero-order valence-corrected chi connectivity index (χ0v) is 16.2. The van der Waals surface area contributed by atoms with Crippen LogP contribution in [0.3, 0.4) is 0 Å². The smallest absolute Gasteiger partial charge is 0.181 e. The van der Waals surface area contributed by atoms with Gasteiger partial charge in [0.25, 0.3) is 0 Å². The van der Waals surface area contributed by atoms with Crippen molar-refractivity contribution >= 4 is 21.3 Å². The van der Waals surface area contributed by atoms with E-state index in [-0.39, 0.29) is 17.3 Å². The van der Waals surface area contributed by atoms with Crippen LogP contribution in [0, 0.1) is 17.5 Å². The maximum atomic E-state index is 13.4. The number of hydrogen-bond donors (Lipinski definition) is 3. The highest BCUT2D eigenvalue weighted by Crippen LogP contribution is 2.18. The molecule has 10 heteroatoms. The summed E-state index contributed by atoms with van der Waals surface area (Å²) in [6.45, 7) is 3.38. The molecule has 0 radical (unpaired) electrons. The van der Waals surface area contributed by atoms with E-state index in [9.17, 15) is 13.8 Å². The number of halogens is 1. The van der Waals surface area contributed by atoms with Crippen molar-refractivity contribution in [3.05, 3.63) is 41.0 Å². The summed E-state index contributed by atoms with van der Waals surface area (Å²) in [5, 5.41) is 17.1. The summed E-state index contributed by atoms with van der Waals surface area (Å²) in [4.78, 5) is 4.23. The Kier molecular flexibility index (Phi) is 7.43. The fourth-order valence-corrected chi connectivity index (χ4v) is 3.42. The third-order valence-electron chi connectivity index (χ3n) is 4.12. The minimum Gasteiger partial charge on any atom is -0.290 e. The Labute approximate surface area is 157 Å². The number of nitrogens with zero attached hydrogens (tertiary/aromatic N) is 3. The van der Waals surface area contributed by atoms with E-state index in [4.69, 9.17) is 9.41 Å². The zero-order chi connectivity index (χ0) is 19.9. The fourth-order valence-electron chi connectivity index (χ4n) is 2.46. The van der Waals surface area contributed by atoms with E-state index in [0.29, 0.717) is 41.3 Å². The molecule has 8 nitrogen and oxygen atoms in total. The van der Waals surface area contributed by atoms with Crippen LogP contribution in [0.2, 0.25) is 0 Å². The van der Waals surface area contributed by atoms with E-state index >= 15 is 0 Å². The molecule has 1 unspecified atom stereocenters. The topological polar surface area (TPSA) is 124 Å². The molecule has 0 amide bonds. The van der Waals surface area contributed by atoms with Crippen LogP contribution in [0.5, 0.6) is 0 Å².